The number of nitrogens with one attached hydrogen (secondary N) is 2. The van der Waals surface area contributed by atoms with Crippen molar-refractivity contribution in [3.63, 3.8) is 0 Å². The van der Waals surface area contributed by atoms with Gasteiger partial charge in [0.15, 0.2) is 0 Å². The first kappa shape index (κ1) is 18.0. The minimum atomic E-state index is -0.541. The van der Waals surface area contributed by atoms with Crippen molar-refractivity contribution in [2.75, 3.05) is 11.9 Å². The quantitative estimate of drug-likeness (QED) is 0.756. The van der Waals surface area contributed by atoms with Crippen molar-refractivity contribution in [3.8, 4) is 11.5 Å². The molecule has 0 fully saturated rings. The van der Waals surface area contributed by atoms with Gasteiger partial charge in [-0.3, -0.25) is 0 Å². The standard InChI is InChI=1S/C18H25N3O3/c1-11(2)8-16(22)10-19-18(23)21-15-7-5-6-14(9-15)17-20-12(3)13(4)24-17/h5-7,9,11,16,22H,8,10H2,1-4H3,(H2,19,21,23). The first-order valence-electron chi connectivity index (χ1n) is 8.12. The molecule has 1 atom stereocenters. The van der Waals surface area contributed by atoms with E-state index >= 15 is 0 Å². The number of carbonyl (C=O) groups is 1. The number of aromatic nitrogens is 1. The van der Waals surface area contributed by atoms with Crippen LogP contribution < -0.4 is 10.6 Å². The Morgan fingerprint density at radius 3 is 2.71 bits per heavy atom. The molecule has 130 valence electrons. The third-order valence-corrected chi connectivity index (χ3v) is 3.64. The number of hydrogen-bond donors (Lipinski definition) is 3. The second-order valence-corrected chi connectivity index (χ2v) is 6.36. The smallest absolute Gasteiger partial charge is 0.319 e. The van der Waals surface area contributed by atoms with Crippen LogP contribution in [0, 0.1) is 19.8 Å². The lowest BCUT2D eigenvalue weighted by Crippen LogP contribution is -2.35. The minimum absolute atomic E-state index is 0.224. The summed E-state index contributed by atoms with van der Waals surface area (Å²) >= 11 is 0. The van der Waals surface area contributed by atoms with E-state index in [9.17, 15) is 9.90 Å². The van der Waals surface area contributed by atoms with Crippen LogP contribution in [-0.2, 0) is 0 Å². The Hall–Kier alpha value is -2.34. The maximum absolute atomic E-state index is 11.9. The summed E-state index contributed by atoms with van der Waals surface area (Å²) < 4.78 is 5.60. The van der Waals surface area contributed by atoms with Gasteiger partial charge < -0.3 is 20.2 Å². The molecule has 24 heavy (non-hydrogen) atoms. The van der Waals surface area contributed by atoms with Crippen LogP contribution in [-0.4, -0.2) is 28.8 Å². The number of amides is 2. The van der Waals surface area contributed by atoms with E-state index in [0.717, 1.165) is 17.0 Å². The lowest BCUT2D eigenvalue weighted by Gasteiger charge is -2.14. The zero-order valence-electron chi connectivity index (χ0n) is 14.6. The largest absolute Gasteiger partial charge is 0.441 e. The normalized spacial score (nSPS) is 12.2. The molecule has 0 radical (unpaired) electrons. The number of aliphatic hydroxyl groups is 1. The minimum Gasteiger partial charge on any atom is -0.441 e. The Morgan fingerprint density at radius 1 is 1.33 bits per heavy atom. The third-order valence-electron chi connectivity index (χ3n) is 3.64. The second-order valence-electron chi connectivity index (χ2n) is 6.36. The van der Waals surface area contributed by atoms with Crippen molar-refractivity contribution in [1.29, 1.82) is 0 Å². The van der Waals surface area contributed by atoms with Gasteiger partial charge in [0.05, 0.1) is 11.8 Å². The molecule has 2 rings (SSSR count). The molecule has 1 heterocycles. The molecule has 0 aliphatic carbocycles. The van der Waals surface area contributed by atoms with Crippen LogP contribution in [0.15, 0.2) is 28.7 Å². The molecule has 1 aromatic carbocycles. The van der Waals surface area contributed by atoms with Crippen LogP contribution >= 0.6 is 0 Å². The topological polar surface area (TPSA) is 87.4 Å². The molecule has 2 amide bonds. The van der Waals surface area contributed by atoms with E-state index in [-0.39, 0.29) is 12.6 Å². The van der Waals surface area contributed by atoms with Crippen LogP contribution in [0.5, 0.6) is 0 Å². The van der Waals surface area contributed by atoms with Crippen molar-refractivity contribution in [1.82, 2.24) is 10.3 Å². The number of aryl methyl sites for hydroxylation is 2. The van der Waals surface area contributed by atoms with Gasteiger partial charge in [-0.1, -0.05) is 19.9 Å². The second kappa shape index (κ2) is 7.97. The van der Waals surface area contributed by atoms with E-state index in [0.29, 0.717) is 23.9 Å². The molecule has 0 aliphatic rings. The van der Waals surface area contributed by atoms with Gasteiger partial charge in [-0.2, -0.15) is 0 Å². The Morgan fingerprint density at radius 2 is 2.08 bits per heavy atom. The highest BCUT2D eigenvalue weighted by Crippen LogP contribution is 2.23. The van der Waals surface area contributed by atoms with Crippen LogP contribution in [0.2, 0.25) is 0 Å². The van der Waals surface area contributed by atoms with Crippen molar-refractivity contribution in [2.45, 2.75) is 40.2 Å². The first-order chi connectivity index (χ1) is 11.3. The summed E-state index contributed by atoms with van der Waals surface area (Å²) in [7, 11) is 0. The molecule has 0 bridgehead atoms. The number of nitrogens with zero attached hydrogens (tertiary/aromatic N) is 1. The highest BCUT2D eigenvalue weighted by Gasteiger charge is 2.11. The fourth-order valence-electron chi connectivity index (χ4n) is 2.34. The monoisotopic (exact) mass is 331 g/mol. The highest BCUT2D eigenvalue weighted by molar-refractivity contribution is 5.89. The lowest BCUT2D eigenvalue weighted by molar-refractivity contribution is 0.148. The molecule has 0 aliphatic heterocycles. The summed E-state index contributed by atoms with van der Waals surface area (Å²) in [6.45, 7) is 8.04. The summed E-state index contributed by atoms with van der Waals surface area (Å²) in [5.74, 6) is 1.69. The van der Waals surface area contributed by atoms with Crippen molar-refractivity contribution < 1.29 is 14.3 Å². The molecule has 3 N–H and O–H groups in total. The summed E-state index contributed by atoms with van der Waals surface area (Å²) in [6.07, 6.45) is 0.110. The van der Waals surface area contributed by atoms with Gasteiger partial charge in [0.1, 0.15) is 5.76 Å². The molecular formula is C18H25N3O3. The van der Waals surface area contributed by atoms with Crippen molar-refractivity contribution in [3.05, 3.63) is 35.7 Å². The van der Waals surface area contributed by atoms with Crippen LogP contribution in [0.1, 0.15) is 31.7 Å². The zero-order valence-corrected chi connectivity index (χ0v) is 14.6. The molecule has 0 saturated heterocycles. The van der Waals surface area contributed by atoms with Crippen LogP contribution in [0.4, 0.5) is 10.5 Å². The average molecular weight is 331 g/mol. The van der Waals surface area contributed by atoms with Gasteiger partial charge in [-0.15, -0.1) is 0 Å². The van der Waals surface area contributed by atoms with Gasteiger partial charge in [0.25, 0.3) is 0 Å². The van der Waals surface area contributed by atoms with Crippen LogP contribution in [0.25, 0.3) is 11.5 Å². The predicted octanol–water partition coefficient (Wildman–Crippen LogP) is 3.49. The van der Waals surface area contributed by atoms with E-state index in [2.05, 4.69) is 15.6 Å². The zero-order chi connectivity index (χ0) is 17.7. The number of benzene rings is 1. The van der Waals surface area contributed by atoms with Gasteiger partial charge in [-0.05, 0) is 44.4 Å². The molecule has 1 unspecified atom stereocenters. The number of carbonyl (C=O) groups excluding carboxylic acids is 1. The Kier molecular flexibility index (Phi) is 5.98. The lowest BCUT2D eigenvalue weighted by atomic mass is 10.1. The summed E-state index contributed by atoms with van der Waals surface area (Å²) in [4.78, 5) is 16.3. The predicted molar refractivity (Wildman–Crippen MR) is 93.9 cm³/mol. The fourth-order valence-corrected chi connectivity index (χ4v) is 2.34. The molecule has 1 aromatic heterocycles. The summed E-state index contributed by atoms with van der Waals surface area (Å²) in [6, 6.07) is 6.94. The Labute approximate surface area is 142 Å². The van der Waals surface area contributed by atoms with E-state index in [1.807, 2.05) is 39.8 Å². The third kappa shape index (κ3) is 5.09. The molecular weight excluding hydrogens is 306 g/mol. The summed E-state index contributed by atoms with van der Waals surface area (Å²) in [5, 5.41) is 15.2. The van der Waals surface area contributed by atoms with Gasteiger partial charge >= 0.3 is 6.03 Å². The van der Waals surface area contributed by atoms with Crippen molar-refractivity contribution in [2.24, 2.45) is 5.92 Å². The molecule has 0 spiro atoms. The number of urea groups is 1. The maximum atomic E-state index is 11.9. The molecule has 2 aromatic rings. The number of rotatable bonds is 6. The number of hydrogen-bond acceptors (Lipinski definition) is 4. The Bertz CT molecular complexity index is 675. The summed E-state index contributed by atoms with van der Waals surface area (Å²) in [5.41, 5.74) is 2.28. The van der Waals surface area contributed by atoms with Gasteiger partial charge in [-0.25, -0.2) is 9.78 Å². The maximum Gasteiger partial charge on any atom is 0.319 e. The highest BCUT2D eigenvalue weighted by atomic mass is 16.4. The number of oxazole rings is 1. The van der Waals surface area contributed by atoms with E-state index < -0.39 is 6.10 Å². The van der Waals surface area contributed by atoms with Gasteiger partial charge in [0.2, 0.25) is 5.89 Å². The van der Waals surface area contributed by atoms with Crippen LogP contribution in [0.3, 0.4) is 0 Å². The first-order valence-corrected chi connectivity index (χ1v) is 8.12. The van der Waals surface area contributed by atoms with Gasteiger partial charge in [0, 0.05) is 17.8 Å². The molecule has 0 saturated carbocycles. The van der Waals surface area contributed by atoms with Crippen molar-refractivity contribution >= 4 is 11.7 Å². The average Bonchev–Trinajstić information content (AvgIpc) is 2.84. The Balaban J connectivity index is 1.95. The number of anilines is 1. The molecule has 6 nitrogen and oxygen atoms in total. The van der Waals surface area contributed by atoms with E-state index in [1.165, 1.54) is 0 Å². The fraction of sp³-hybridized carbons (Fsp3) is 0.444. The van der Waals surface area contributed by atoms with E-state index in [1.54, 1.807) is 12.1 Å². The SMILES string of the molecule is Cc1nc(-c2cccc(NC(=O)NCC(O)CC(C)C)c2)oc1C. The number of aliphatic hydroxyl groups excluding tert-OH is 1. The molecule has 6 heteroatoms. The van der Waals surface area contributed by atoms with E-state index in [4.69, 9.17) is 4.42 Å².